The Morgan fingerprint density at radius 2 is 1.83 bits per heavy atom. The van der Waals surface area contributed by atoms with Gasteiger partial charge in [-0.05, 0) is 12.5 Å². The second-order valence-corrected chi connectivity index (χ2v) is 4.01. The fourth-order valence-electron chi connectivity index (χ4n) is 1.79. The molecule has 5 heteroatoms. The minimum absolute atomic E-state index is 0.205. The molecule has 0 saturated heterocycles. The van der Waals surface area contributed by atoms with Gasteiger partial charge in [0.2, 0.25) is 5.95 Å². The molecule has 0 radical (unpaired) electrons. The first-order valence-corrected chi connectivity index (χ1v) is 5.88. The van der Waals surface area contributed by atoms with Crippen LogP contribution in [-0.4, -0.2) is 16.5 Å². The molecule has 1 aromatic carbocycles. The van der Waals surface area contributed by atoms with Crippen molar-refractivity contribution in [3.05, 3.63) is 42.0 Å². The molecular formula is C13H17N5. The number of hydrogen-bond donors (Lipinski definition) is 2. The number of anilines is 3. The number of benzene rings is 1. The summed E-state index contributed by atoms with van der Waals surface area (Å²) in [6.07, 6.45) is 0. The summed E-state index contributed by atoms with van der Waals surface area (Å²) < 4.78 is 0. The van der Waals surface area contributed by atoms with Gasteiger partial charge in [0, 0.05) is 19.2 Å². The molecule has 0 amide bonds. The summed E-state index contributed by atoms with van der Waals surface area (Å²) in [5.74, 6) is 1.35. The molecule has 94 valence electrons. The molecule has 1 heterocycles. The molecule has 0 atom stereocenters. The van der Waals surface area contributed by atoms with Crippen molar-refractivity contribution in [2.45, 2.75) is 13.5 Å². The molecule has 0 unspecified atom stereocenters. The van der Waals surface area contributed by atoms with Crippen LogP contribution in [0.2, 0.25) is 0 Å². The fourth-order valence-corrected chi connectivity index (χ4v) is 1.79. The Kier molecular flexibility index (Phi) is 3.62. The van der Waals surface area contributed by atoms with Crippen LogP contribution in [0, 0.1) is 0 Å². The quantitative estimate of drug-likeness (QED) is 0.853. The molecule has 0 aliphatic rings. The Morgan fingerprint density at radius 3 is 2.44 bits per heavy atom. The molecule has 0 saturated carbocycles. The Labute approximate surface area is 106 Å². The predicted octanol–water partition coefficient (Wildman–Crippen LogP) is 1.67. The van der Waals surface area contributed by atoms with Crippen LogP contribution in [0.4, 0.5) is 17.6 Å². The molecule has 0 fully saturated rings. The first-order chi connectivity index (χ1) is 8.69. The number of nitrogens with zero attached hydrogens (tertiary/aromatic N) is 3. The van der Waals surface area contributed by atoms with Gasteiger partial charge in [0.1, 0.15) is 11.6 Å². The van der Waals surface area contributed by atoms with Crippen LogP contribution < -0.4 is 16.4 Å². The lowest BCUT2D eigenvalue weighted by atomic mass is 10.2. The minimum atomic E-state index is 0.205. The highest BCUT2D eigenvalue weighted by molar-refractivity contribution is 5.50. The highest BCUT2D eigenvalue weighted by atomic mass is 15.2. The second-order valence-electron chi connectivity index (χ2n) is 4.01. The molecule has 0 spiro atoms. The third kappa shape index (κ3) is 2.88. The molecular weight excluding hydrogens is 226 g/mol. The van der Waals surface area contributed by atoms with Crippen molar-refractivity contribution >= 4 is 17.6 Å². The van der Waals surface area contributed by atoms with Gasteiger partial charge in [0.15, 0.2) is 0 Å². The van der Waals surface area contributed by atoms with Gasteiger partial charge in [-0.25, -0.2) is 0 Å². The summed E-state index contributed by atoms with van der Waals surface area (Å²) in [5.41, 5.74) is 12.5. The van der Waals surface area contributed by atoms with Crippen molar-refractivity contribution in [2.24, 2.45) is 0 Å². The van der Waals surface area contributed by atoms with E-state index in [0.717, 1.165) is 18.9 Å². The first-order valence-electron chi connectivity index (χ1n) is 5.88. The van der Waals surface area contributed by atoms with E-state index < -0.39 is 0 Å². The third-order valence-electron chi connectivity index (χ3n) is 2.67. The number of nitrogen functional groups attached to an aromatic ring is 2. The predicted molar refractivity (Wildman–Crippen MR) is 74.0 cm³/mol. The topological polar surface area (TPSA) is 81.1 Å². The van der Waals surface area contributed by atoms with Crippen LogP contribution in [0.15, 0.2) is 36.4 Å². The molecule has 2 rings (SSSR count). The zero-order valence-electron chi connectivity index (χ0n) is 10.4. The molecule has 0 bridgehead atoms. The van der Waals surface area contributed by atoms with Crippen molar-refractivity contribution in [3.63, 3.8) is 0 Å². The van der Waals surface area contributed by atoms with Crippen LogP contribution in [0.1, 0.15) is 12.5 Å². The van der Waals surface area contributed by atoms with Gasteiger partial charge in [0.25, 0.3) is 0 Å². The number of rotatable bonds is 4. The van der Waals surface area contributed by atoms with Gasteiger partial charge in [0.05, 0.1) is 0 Å². The van der Waals surface area contributed by atoms with Crippen LogP contribution in [0.3, 0.4) is 0 Å². The average Bonchev–Trinajstić information content (AvgIpc) is 2.36. The van der Waals surface area contributed by atoms with Crippen molar-refractivity contribution in [3.8, 4) is 0 Å². The van der Waals surface area contributed by atoms with E-state index in [4.69, 9.17) is 11.5 Å². The zero-order valence-corrected chi connectivity index (χ0v) is 10.4. The lowest BCUT2D eigenvalue weighted by molar-refractivity contribution is 0.812. The largest absolute Gasteiger partial charge is 0.383 e. The molecule has 5 nitrogen and oxygen atoms in total. The van der Waals surface area contributed by atoms with Crippen molar-refractivity contribution in [2.75, 3.05) is 22.9 Å². The lowest BCUT2D eigenvalue weighted by Crippen LogP contribution is -2.23. The van der Waals surface area contributed by atoms with Gasteiger partial charge >= 0.3 is 0 Å². The minimum Gasteiger partial charge on any atom is -0.383 e. The van der Waals surface area contributed by atoms with E-state index >= 15 is 0 Å². The summed E-state index contributed by atoms with van der Waals surface area (Å²) in [6, 6.07) is 11.9. The Morgan fingerprint density at radius 1 is 1.11 bits per heavy atom. The third-order valence-corrected chi connectivity index (χ3v) is 2.67. The van der Waals surface area contributed by atoms with Gasteiger partial charge in [-0.3, -0.25) is 0 Å². The van der Waals surface area contributed by atoms with Gasteiger partial charge in [-0.15, -0.1) is 0 Å². The van der Waals surface area contributed by atoms with E-state index in [0.29, 0.717) is 5.82 Å². The number of hydrogen-bond acceptors (Lipinski definition) is 5. The average molecular weight is 243 g/mol. The smallest absolute Gasteiger partial charge is 0.223 e. The standard InChI is InChI=1S/C13H17N5/c1-2-18(9-10-6-4-3-5-7-10)12-8-11(14)16-13(15)17-12/h3-8H,2,9H2,1H3,(H4,14,15,16,17). The van der Waals surface area contributed by atoms with Crippen molar-refractivity contribution in [1.29, 1.82) is 0 Å². The monoisotopic (exact) mass is 243 g/mol. The van der Waals surface area contributed by atoms with E-state index in [2.05, 4.69) is 33.9 Å². The summed E-state index contributed by atoms with van der Waals surface area (Å²) in [7, 11) is 0. The molecule has 18 heavy (non-hydrogen) atoms. The summed E-state index contributed by atoms with van der Waals surface area (Å²) in [5, 5.41) is 0. The van der Waals surface area contributed by atoms with Crippen molar-refractivity contribution in [1.82, 2.24) is 9.97 Å². The maximum Gasteiger partial charge on any atom is 0.223 e. The van der Waals surface area contributed by atoms with Crippen LogP contribution in [0.5, 0.6) is 0 Å². The van der Waals surface area contributed by atoms with Gasteiger partial charge in [-0.1, -0.05) is 30.3 Å². The maximum atomic E-state index is 5.69. The Bertz CT molecular complexity index is 492. The Hall–Kier alpha value is -2.30. The van der Waals surface area contributed by atoms with Crippen LogP contribution in [0.25, 0.3) is 0 Å². The molecule has 0 aliphatic carbocycles. The summed E-state index contributed by atoms with van der Waals surface area (Å²) >= 11 is 0. The van der Waals surface area contributed by atoms with E-state index in [1.165, 1.54) is 5.56 Å². The summed E-state index contributed by atoms with van der Waals surface area (Å²) in [4.78, 5) is 10.2. The van der Waals surface area contributed by atoms with Crippen molar-refractivity contribution < 1.29 is 0 Å². The molecule has 4 N–H and O–H groups in total. The summed E-state index contributed by atoms with van der Waals surface area (Å²) in [6.45, 7) is 3.66. The Balaban J connectivity index is 2.23. The van der Waals surface area contributed by atoms with E-state index in [-0.39, 0.29) is 5.95 Å². The lowest BCUT2D eigenvalue weighted by Gasteiger charge is -2.22. The molecule has 2 aromatic rings. The highest BCUT2D eigenvalue weighted by Crippen LogP contribution is 2.17. The zero-order chi connectivity index (χ0) is 13.0. The van der Waals surface area contributed by atoms with Gasteiger partial charge in [-0.2, -0.15) is 9.97 Å². The second kappa shape index (κ2) is 5.35. The van der Waals surface area contributed by atoms with Crippen LogP contribution in [-0.2, 0) is 6.54 Å². The SMILES string of the molecule is CCN(Cc1ccccc1)c1cc(N)nc(N)n1. The fraction of sp³-hybridized carbons (Fsp3) is 0.231. The first kappa shape index (κ1) is 12.2. The van der Waals surface area contributed by atoms with E-state index in [9.17, 15) is 0 Å². The molecule has 0 aliphatic heterocycles. The van der Waals surface area contributed by atoms with Crippen LogP contribution >= 0.6 is 0 Å². The van der Waals surface area contributed by atoms with E-state index in [1.54, 1.807) is 6.07 Å². The molecule has 1 aromatic heterocycles. The number of aromatic nitrogens is 2. The van der Waals surface area contributed by atoms with Gasteiger partial charge < -0.3 is 16.4 Å². The van der Waals surface area contributed by atoms with E-state index in [1.807, 2.05) is 18.2 Å². The maximum absolute atomic E-state index is 5.69. The number of nitrogens with two attached hydrogens (primary N) is 2. The normalized spacial score (nSPS) is 10.3. The highest BCUT2D eigenvalue weighted by Gasteiger charge is 2.08.